The van der Waals surface area contributed by atoms with E-state index in [1.54, 1.807) is 25.4 Å². The minimum absolute atomic E-state index is 0.00230. The fraction of sp³-hybridized carbons (Fsp3) is 0.520. The number of aromatic nitrogens is 1. The molecule has 2 aliphatic rings. The third-order valence-corrected chi connectivity index (χ3v) is 7.26. The van der Waals surface area contributed by atoms with Crippen LogP contribution >= 0.6 is 11.6 Å². The predicted molar refractivity (Wildman–Crippen MR) is 130 cm³/mol. The number of methoxy groups -OCH3 is 1. The Kier molecular flexibility index (Phi) is 7.36. The molecule has 184 valence electrons. The SMILES string of the molecule is COc1cc(N2CCC(Oc3ccc(N4CCC(C)[C@H]4CC(=O)O)c(F)c3)C(C)C2)c(Cl)cn1. The molecular formula is C25H31ClFN3O4. The Morgan fingerprint density at radius 2 is 2.00 bits per heavy atom. The number of hydrogen-bond donors (Lipinski definition) is 1. The number of rotatable bonds is 7. The number of benzene rings is 1. The zero-order valence-corrected chi connectivity index (χ0v) is 20.5. The molecular weight excluding hydrogens is 461 g/mol. The zero-order valence-electron chi connectivity index (χ0n) is 19.7. The lowest BCUT2D eigenvalue weighted by Gasteiger charge is -2.38. The first-order valence-corrected chi connectivity index (χ1v) is 12.0. The molecule has 2 saturated heterocycles. The van der Waals surface area contributed by atoms with Gasteiger partial charge in [-0.15, -0.1) is 0 Å². The van der Waals surface area contributed by atoms with Gasteiger partial charge in [0.05, 0.1) is 36.1 Å². The Labute approximate surface area is 204 Å². The van der Waals surface area contributed by atoms with Crippen LogP contribution in [0, 0.1) is 17.7 Å². The maximum atomic E-state index is 15.1. The molecule has 1 aromatic carbocycles. The number of pyridine rings is 1. The van der Waals surface area contributed by atoms with Crippen molar-refractivity contribution in [3.8, 4) is 11.6 Å². The highest BCUT2D eigenvalue weighted by atomic mass is 35.5. The molecule has 0 aliphatic carbocycles. The highest BCUT2D eigenvalue weighted by Gasteiger charge is 2.34. The molecule has 3 heterocycles. The number of aliphatic carboxylic acids is 1. The number of carboxylic acids is 1. The lowest BCUT2D eigenvalue weighted by Crippen LogP contribution is -2.44. The summed E-state index contributed by atoms with van der Waals surface area (Å²) < 4.78 is 26.5. The molecule has 9 heteroatoms. The van der Waals surface area contributed by atoms with Crippen LogP contribution in [0.3, 0.4) is 0 Å². The maximum absolute atomic E-state index is 15.1. The molecule has 4 rings (SSSR count). The second-order valence-electron chi connectivity index (χ2n) is 9.28. The summed E-state index contributed by atoms with van der Waals surface area (Å²) in [6.07, 6.45) is 3.14. The fourth-order valence-electron chi connectivity index (χ4n) is 5.05. The van der Waals surface area contributed by atoms with Crippen molar-refractivity contribution in [2.24, 2.45) is 11.8 Å². The highest BCUT2D eigenvalue weighted by molar-refractivity contribution is 6.33. The molecule has 1 aromatic heterocycles. The molecule has 0 spiro atoms. The standard InChI is InChI=1S/C25H31ClFN3O4/c1-15-6-9-30(21(15)12-25(31)32)20-5-4-17(10-19(20)27)34-23-7-8-29(14-16(23)2)22-11-24(33-3)28-13-18(22)26/h4-5,10-11,13,15-16,21,23H,6-9,12,14H2,1-3H3,(H,31,32)/t15?,16?,21-,23?/m1/s1. The smallest absolute Gasteiger partial charge is 0.305 e. The summed E-state index contributed by atoms with van der Waals surface area (Å²) >= 11 is 6.36. The van der Waals surface area contributed by atoms with Gasteiger partial charge in [0.25, 0.3) is 0 Å². The van der Waals surface area contributed by atoms with Crippen molar-refractivity contribution in [3.63, 3.8) is 0 Å². The van der Waals surface area contributed by atoms with E-state index in [0.717, 1.165) is 31.6 Å². The number of halogens is 2. The number of hydrogen-bond acceptors (Lipinski definition) is 6. The molecule has 0 amide bonds. The third-order valence-electron chi connectivity index (χ3n) is 6.97. The van der Waals surface area contributed by atoms with Crippen molar-refractivity contribution in [1.82, 2.24) is 4.98 Å². The van der Waals surface area contributed by atoms with Crippen molar-refractivity contribution in [3.05, 3.63) is 41.3 Å². The molecule has 0 bridgehead atoms. The third kappa shape index (κ3) is 5.17. The lowest BCUT2D eigenvalue weighted by molar-refractivity contribution is -0.137. The summed E-state index contributed by atoms with van der Waals surface area (Å²) in [7, 11) is 1.57. The summed E-state index contributed by atoms with van der Waals surface area (Å²) in [5.41, 5.74) is 1.32. The lowest BCUT2D eigenvalue weighted by atomic mass is 9.96. The molecule has 1 N–H and O–H groups in total. The number of anilines is 2. The summed E-state index contributed by atoms with van der Waals surface area (Å²) in [6, 6.07) is 6.53. The summed E-state index contributed by atoms with van der Waals surface area (Å²) in [5, 5.41) is 9.82. The van der Waals surface area contributed by atoms with E-state index in [1.165, 1.54) is 6.07 Å². The minimum Gasteiger partial charge on any atom is -0.490 e. The van der Waals surface area contributed by atoms with E-state index < -0.39 is 5.97 Å². The normalized spacial score (nSPS) is 24.9. The Morgan fingerprint density at radius 3 is 2.68 bits per heavy atom. The van der Waals surface area contributed by atoms with Crippen LogP contribution in [0.1, 0.15) is 33.1 Å². The molecule has 0 radical (unpaired) electrons. The van der Waals surface area contributed by atoms with E-state index in [9.17, 15) is 9.90 Å². The average molecular weight is 492 g/mol. The summed E-state index contributed by atoms with van der Waals surface area (Å²) in [4.78, 5) is 19.5. The van der Waals surface area contributed by atoms with E-state index in [0.29, 0.717) is 28.9 Å². The monoisotopic (exact) mass is 491 g/mol. The number of carboxylic acid groups (broad SMARTS) is 1. The van der Waals surface area contributed by atoms with Crippen LogP contribution in [0.15, 0.2) is 30.5 Å². The van der Waals surface area contributed by atoms with Gasteiger partial charge in [-0.1, -0.05) is 25.4 Å². The molecule has 2 aromatic rings. The first-order valence-electron chi connectivity index (χ1n) is 11.7. The number of carbonyl (C=O) groups is 1. The molecule has 3 unspecified atom stereocenters. The minimum atomic E-state index is -0.865. The Morgan fingerprint density at radius 1 is 1.21 bits per heavy atom. The highest BCUT2D eigenvalue weighted by Crippen LogP contribution is 2.36. The van der Waals surface area contributed by atoms with Crippen molar-refractivity contribution in [1.29, 1.82) is 0 Å². The Hall–Kier alpha value is -2.74. The predicted octanol–water partition coefficient (Wildman–Crippen LogP) is 4.87. The van der Waals surface area contributed by atoms with E-state index in [1.807, 2.05) is 17.9 Å². The number of piperidine rings is 1. The van der Waals surface area contributed by atoms with Gasteiger partial charge in [0.1, 0.15) is 17.7 Å². The van der Waals surface area contributed by atoms with Crippen LogP contribution in [0.4, 0.5) is 15.8 Å². The van der Waals surface area contributed by atoms with Gasteiger partial charge in [0, 0.05) is 50.1 Å². The first kappa shape index (κ1) is 24.4. The van der Waals surface area contributed by atoms with Crippen molar-refractivity contribution in [2.75, 3.05) is 36.5 Å². The van der Waals surface area contributed by atoms with Gasteiger partial charge in [-0.3, -0.25) is 4.79 Å². The van der Waals surface area contributed by atoms with Crippen molar-refractivity contribution in [2.45, 2.75) is 45.3 Å². The summed E-state index contributed by atoms with van der Waals surface area (Å²) in [5.74, 6) is 0.132. The molecule has 0 saturated carbocycles. The van der Waals surface area contributed by atoms with Crippen LogP contribution in [0.25, 0.3) is 0 Å². The van der Waals surface area contributed by atoms with Crippen molar-refractivity contribution >= 4 is 28.9 Å². The topological polar surface area (TPSA) is 75.1 Å². The zero-order chi connectivity index (χ0) is 24.4. The molecule has 4 atom stereocenters. The van der Waals surface area contributed by atoms with E-state index >= 15 is 4.39 Å². The van der Waals surface area contributed by atoms with Gasteiger partial charge in [0.2, 0.25) is 5.88 Å². The van der Waals surface area contributed by atoms with Crippen molar-refractivity contribution < 1.29 is 23.8 Å². The van der Waals surface area contributed by atoms with E-state index in [4.69, 9.17) is 21.1 Å². The molecule has 2 aliphatic heterocycles. The Balaban J connectivity index is 1.42. The molecule has 2 fully saturated rings. The largest absolute Gasteiger partial charge is 0.490 e. The van der Waals surface area contributed by atoms with Gasteiger partial charge in [0.15, 0.2) is 0 Å². The van der Waals surface area contributed by atoms with Crippen LogP contribution in [0.5, 0.6) is 11.6 Å². The fourth-order valence-corrected chi connectivity index (χ4v) is 5.27. The Bertz CT molecular complexity index is 1040. The van der Waals surface area contributed by atoms with Gasteiger partial charge >= 0.3 is 5.97 Å². The maximum Gasteiger partial charge on any atom is 0.305 e. The van der Waals surface area contributed by atoms with Crippen LogP contribution < -0.4 is 19.3 Å². The second-order valence-corrected chi connectivity index (χ2v) is 9.69. The second kappa shape index (κ2) is 10.3. The average Bonchev–Trinajstić information content (AvgIpc) is 3.15. The molecule has 7 nitrogen and oxygen atoms in total. The van der Waals surface area contributed by atoms with Gasteiger partial charge < -0.3 is 24.4 Å². The van der Waals surface area contributed by atoms with Crippen LogP contribution in [-0.4, -0.2) is 54.9 Å². The van der Waals surface area contributed by atoms with E-state index in [-0.39, 0.29) is 36.2 Å². The van der Waals surface area contributed by atoms with Crippen LogP contribution in [0.2, 0.25) is 5.02 Å². The first-order chi connectivity index (χ1) is 16.3. The van der Waals surface area contributed by atoms with Gasteiger partial charge in [-0.2, -0.15) is 0 Å². The molecule has 34 heavy (non-hydrogen) atoms. The number of ether oxygens (including phenoxy) is 2. The van der Waals surface area contributed by atoms with Gasteiger partial charge in [-0.05, 0) is 24.5 Å². The summed E-state index contributed by atoms with van der Waals surface area (Å²) in [6.45, 7) is 6.25. The van der Waals surface area contributed by atoms with Gasteiger partial charge in [-0.25, -0.2) is 9.37 Å². The quantitative estimate of drug-likeness (QED) is 0.592. The number of nitrogens with zero attached hydrogens (tertiary/aromatic N) is 3. The van der Waals surface area contributed by atoms with E-state index in [2.05, 4.69) is 16.8 Å². The van der Waals surface area contributed by atoms with Crippen LogP contribution in [-0.2, 0) is 4.79 Å².